The number of hydrogen-bond donors (Lipinski definition) is 2. The van der Waals surface area contributed by atoms with Crippen LogP contribution in [0, 0.1) is 12.7 Å². The Kier molecular flexibility index (Phi) is 4.75. The molecule has 0 atom stereocenters. The fraction of sp³-hybridized carbons (Fsp3) is 0.263. The zero-order chi connectivity index (χ0) is 20.5. The molecule has 3 aromatic rings. The maximum absolute atomic E-state index is 13.3. The molecule has 1 fully saturated rings. The number of halogens is 1. The van der Waals surface area contributed by atoms with E-state index in [4.69, 9.17) is 5.73 Å². The minimum absolute atomic E-state index is 0.171. The highest BCUT2D eigenvalue weighted by Crippen LogP contribution is 2.21. The average Bonchev–Trinajstić information content (AvgIpc) is 3.17. The van der Waals surface area contributed by atoms with Crippen LogP contribution >= 0.6 is 0 Å². The summed E-state index contributed by atoms with van der Waals surface area (Å²) in [6.45, 7) is 3.88. The quantitative estimate of drug-likeness (QED) is 0.680. The summed E-state index contributed by atoms with van der Waals surface area (Å²) in [5, 5.41) is 4.37. The lowest BCUT2D eigenvalue weighted by Gasteiger charge is -2.35. The molecule has 9 nitrogen and oxygen atoms in total. The molecular formula is C19H20FN7O2. The molecule has 3 N–H and O–H groups in total. The van der Waals surface area contributed by atoms with E-state index in [9.17, 15) is 14.0 Å². The van der Waals surface area contributed by atoms with Gasteiger partial charge in [0.05, 0.1) is 17.6 Å². The molecule has 0 radical (unpaired) electrons. The van der Waals surface area contributed by atoms with Crippen LogP contribution < -0.4 is 16.3 Å². The predicted octanol–water partition coefficient (Wildman–Crippen LogP) is 0.948. The Bertz CT molecular complexity index is 1120. The Hall–Kier alpha value is -3.69. The lowest BCUT2D eigenvalue weighted by Crippen LogP contribution is -2.49. The highest BCUT2D eigenvalue weighted by Gasteiger charge is 2.25. The summed E-state index contributed by atoms with van der Waals surface area (Å²) in [4.78, 5) is 33.9. The molecule has 29 heavy (non-hydrogen) atoms. The van der Waals surface area contributed by atoms with Crippen LogP contribution in [-0.2, 0) is 0 Å². The minimum atomic E-state index is -0.493. The molecule has 0 bridgehead atoms. The van der Waals surface area contributed by atoms with Crippen LogP contribution in [0.25, 0.3) is 5.69 Å². The van der Waals surface area contributed by atoms with Crippen molar-refractivity contribution in [1.29, 1.82) is 0 Å². The Morgan fingerprint density at radius 2 is 1.93 bits per heavy atom. The zero-order valence-corrected chi connectivity index (χ0v) is 15.8. The molecule has 0 unspecified atom stereocenters. The summed E-state index contributed by atoms with van der Waals surface area (Å²) < 4.78 is 14.9. The third-order valence-corrected chi connectivity index (χ3v) is 4.94. The van der Waals surface area contributed by atoms with Gasteiger partial charge in [-0.05, 0) is 36.8 Å². The maximum Gasteiger partial charge on any atom is 0.346 e. The fourth-order valence-corrected chi connectivity index (χ4v) is 3.41. The standard InChI is InChI=1S/C19H20FN7O2/c1-12-10-13(20)2-3-15(12)27-5-4-14(24-27)18(28)26-8-6-25(7-9-26)16-11-22-19(29)23-17(16)21/h2-5,10-11H,6-9H2,1H3,(H3,21,22,23,29). The van der Waals surface area contributed by atoms with Crippen molar-refractivity contribution < 1.29 is 9.18 Å². The highest BCUT2D eigenvalue weighted by atomic mass is 19.1. The highest BCUT2D eigenvalue weighted by molar-refractivity contribution is 5.92. The normalized spacial score (nSPS) is 14.3. The van der Waals surface area contributed by atoms with Crippen molar-refractivity contribution in [2.24, 2.45) is 0 Å². The van der Waals surface area contributed by atoms with E-state index in [0.29, 0.717) is 37.6 Å². The number of carbonyl (C=O) groups is 1. The predicted molar refractivity (Wildman–Crippen MR) is 106 cm³/mol. The summed E-state index contributed by atoms with van der Waals surface area (Å²) in [6, 6.07) is 6.08. The van der Waals surface area contributed by atoms with Crippen LogP contribution in [0.3, 0.4) is 0 Å². The second kappa shape index (κ2) is 7.38. The van der Waals surface area contributed by atoms with E-state index < -0.39 is 5.69 Å². The number of piperazine rings is 1. The number of nitrogen functional groups attached to an aromatic ring is 1. The van der Waals surface area contributed by atoms with Crippen LogP contribution in [-0.4, -0.2) is 56.7 Å². The van der Waals surface area contributed by atoms with Crippen molar-refractivity contribution in [3.8, 4) is 5.69 Å². The molecule has 2 aromatic heterocycles. The van der Waals surface area contributed by atoms with Gasteiger partial charge >= 0.3 is 5.69 Å². The van der Waals surface area contributed by atoms with Gasteiger partial charge in [0.2, 0.25) is 0 Å². The van der Waals surface area contributed by atoms with Gasteiger partial charge in [0.25, 0.3) is 5.91 Å². The van der Waals surface area contributed by atoms with Gasteiger partial charge in [0.1, 0.15) is 11.6 Å². The molecule has 1 saturated heterocycles. The van der Waals surface area contributed by atoms with Gasteiger partial charge in [-0.1, -0.05) is 0 Å². The van der Waals surface area contributed by atoms with E-state index in [0.717, 1.165) is 11.3 Å². The molecule has 0 saturated carbocycles. The van der Waals surface area contributed by atoms with Gasteiger partial charge in [0, 0.05) is 32.4 Å². The topological polar surface area (TPSA) is 113 Å². The first-order chi connectivity index (χ1) is 13.9. The van der Waals surface area contributed by atoms with Crippen LogP contribution in [0.15, 0.2) is 41.5 Å². The minimum Gasteiger partial charge on any atom is -0.383 e. The number of benzene rings is 1. The summed E-state index contributed by atoms with van der Waals surface area (Å²) in [5.74, 6) is -0.222. The summed E-state index contributed by atoms with van der Waals surface area (Å²) in [7, 11) is 0. The van der Waals surface area contributed by atoms with E-state index >= 15 is 0 Å². The van der Waals surface area contributed by atoms with Crippen LogP contribution in [0.1, 0.15) is 16.1 Å². The lowest BCUT2D eigenvalue weighted by molar-refractivity contribution is 0.0740. The molecule has 1 amide bonds. The third-order valence-electron chi connectivity index (χ3n) is 4.94. The van der Waals surface area contributed by atoms with E-state index in [2.05, 4.69) is 15.1 Å². The van der Waals surface area contributed by atoms with E-state index in [1.54, 1.807) is 34.8 Å². The number of amides is 1. The SMILES string of the molecule is Cc1cc(F)ccc1-n1ccc(C(=O)N2CCN(c3cnc(=O)[nH]c3N)CC2)n1. The van der Waals surface area contributed by atoms with Gasteiger partial charge in [-0.2, -0.15) is 10.1 Å². The Labute approximate surface area is 165 Å². The Morgan fingerprint density at radius 1 is 1.17 bits per heavy atom. The first-order valence-electron chi connectivity index (χ1n) is 9.13. The number of aromatic nitrogens is 4. The van der Waals surface area contributed by atoms with Crippen molar-refractivity contribution >= 4 is 17.4 Å². The molecule has 150 valence electrons. The van der Waals surface area contributed by atoms with Crippen molar-refractivity contribution in [3.63, 3.8) is 0 Å². The van der Waals surface area contributed by atoms with Gasteiger partial charge in [-0.3, -0.25) is 9.78 Å². The number of anilines is 2. The van der Waals surface area contributed by atoms with E-state index in [1.165, 1.54) is 18.3 Å². The van der Waals surface area contributed by atoms with Gasteiger partial charge < -0.3 is 15.5 Å². The van der Waals surface area contributed by atoms with Crippen LogP contribution in [0.5, 0.6) is 0 Å². The summed E-state index contributed by atoms with van der Waals surface area (Å²) >= 11 is 0. The second-order valence-corrected chi connectivity index (χ2v) is 6.84. The first-order valence-corrected chi connectivity index (χ1v) is 9.13. The number of rotatable bonds is 3. The number of aryl methyl sites for hydroxylation is 1. The zero-order valence-electron chi connectivity index (χ0n) is 15.8. The van der Waals surface area contributed by atoms with Crippen molar-refractivity contribution in [3.05, 3.63) is 64.2 Å². The van der Waals surface area contributed by atoms with Crippen LogP contribution in [0.4, 0.5) is 15.9 Å². The van der Waals surface area contributed by atoms with Gasteiger partial charge in [0.15, 0.2) is 5.69 Å². The molecular weight excluding hydrogens is 377 g/mol. The van der Waals surface area contributed by atoms with E-state index in [-0.39, 0.29) is 17.5 Å². The second-order valence-electron chi connectivity index (χ2n) is 6.84. The van der Waals surface area contributed by atoms with E-state index in [1.807, 2.05) is 4.90 Å². The third kappa shape index (κ3) is 3.68. The molecule has 0 aliphatic carbocycles. The van der Waals surface area contributed by atoms with Crippen LogP contribution in [0.2, 0.25) is 0 Å². The number of carbonyl (C=O) groups excluding carboxylic acids is 1. The monoisotopic (exact) mass is 397 g/mol. The Balaban J connectivity index is 1.45. The lowest BCUT2D eigenvalue weighted by atomic mass is 10.2. The molecule has 0 spiro atoms. The average molecular weight is 397 g/mol. The number of H-pyrrole nitrogens is 1. The molecule has 10 heteroatoms. The summed E-state index contributed by atoms with van der Waals surface area (Å²) in [6.07, 6.45) is 3.13. The number of nitrogens with one attached hydrogen (secondary N) is 1. The number of nitrogens with two attached hydrogens (primary N) is 1. The van der Waals surface area contributed by atoms with Crippen molar-refractivity contribution in [2.75, 3.05) is 36.8 Å². The molecule has 3 heterocycles. The molecule has 1 aliphatic rings. The number of aromatic amines is 1. The number of nitrogens with zero attached hydrogens (tertiary/aromatic N) is 5. The fourth-order valence-electron chi connectivity index (χ4n) is 3.41. The van der Waals surface area contributed by atoms with Gasteiger partial charge in [-0.25, -0.2) is 13.9 Å². The Morgan fingerprint density at radius 3 is 2.62 bits per heavy atom. The smallest absolute Gasteiger partial charge is 0.346 e. The molecule has 1 aliphatic heterocycles. The maximum atomic E-state index is 13.3. The molecule has 1 aromatic carbocycles. The largest absolute Gasteiger partial charge is 0.383 e. The van der Waals surface area contributed by atoms with Crippen molar-refractivity contribution in [1.82, 2.24) is 24.6 Å². The summed E-state index contributed by atoms with van der Waals surface area (Å²) in [5.41, 5.74) is 7.79. The van der Waals surface area contributed by atoms with Crippen molar-refractivity contribution in [2.45, 2.75) is 6.92 Å². The van der Waals surface area contributed by atoms with Gasteiger partial charge in [-0.15, -0.1) is 0 Å². The molecule has 4 rings (SSSR count). The number of hydrogen-bond acceptors (Lipinski definition) is 6. The first kappa shape index (κ1) is 18.7.